The molecule has 2 N–H and O–H groups in total. The van der Waals surface area contributed by atoms with Crippen molar-refractivity contribution in [3.8, 4) is 0 Å². The van der Waals surface area contributed by atoms with Gasteiger partial charge in [0.2, 0.25) is 5.91 Å². The molecule has 0 spiro atoms. The number of hydrogen-bond acceptors (Lipinski definition) is 4. The maximum absolute atomic E-state index is 12.1. The predicted octanol–water partition coefficient (Wildman–Crippen LogP) is 2.06. The Labute approximate surface area is 119 Å². The van der Waals surface area contributed by atoms with Crippen LogP contribution in [0.3, 0.4) is 0 Å². The van der Waals surface area contributed by atoms with Gasteiger partial charge in [0.1, 0.15) is 5.76 Å². The minimum Gasteiger partial charge on any atom is -0.396 e. The van der Waals surface area contributed by atoms with Gasteiger partial charge in [0, 0.05) is 24.6 Å². The van der Waals surface area contributed by atoms with Gasteiger partial charge >= 0.3 is 0 Å². The quantitative estimate of drug-likeness (QED) is 0.801. The van der Waals surface area contributed by atoms with Crippen LogP contribution in [-0.4, -0.2) is 28.8 Å². The van der Waals surface area contributed by atoms with Crippen LogP contribution in [0.1, 0.15) is 55.5 Å². The molecule has 2 atom stereocenters. The van der Waals surface area contributed by atoms with E-state index in [4.69, 9.17) is 9.63 Å². The summed E-state index contributed by atoms with van der Waals surface area (Å²) in [5, 5.41) is 16.1. The number of amides is 1. The van der Waals surface area contributed by atoms with Gasteiger partial charge in [-0.2, -0.15) is 0 Å². The van der Waals surface area contributed by atoms with Crippen molar-refractivity contribution < 1.29 is 14.4 Å². The van der Waals surface area contributed by atoms with Gasteiger partial charge in [-0.25, -0.2) is 0 Å². The van der Waals surface area contributed by atoms with Crippen LogP contribution in [0.15, 0.2) is 4.52 Å². The lowest BCUT2D eigenvalue weighted by Gasteiger charge is -2.19. The van der Waals surface area contributed by atoms with E-state index in [2.05, 4.69) is 10.5 Å². The third kappa shape index (κ3) is 3.60. The van der Waals surface area contributed by atoms with Crippen molar-refractivity contribution >= 4 is 5.91 Å². The average molecular weight is 280 g/mol. The molecule has 2 unspecified atom stereocenters. The van der Waals surface area contributed by atoms with Crippen LogP contribution in [0.5, 0.6) is 0 Å². The van der Waals surface area contributed by atoms with E-state index in [1.165, 1.54) is 0 Å². The van der Waals surface area contributed by atoms with E-state index in [1.54, 1.807) is 0 Å². The van der Waals surface area contributed by atoms with E-state index in [0.29, 0.717) is 18.8 Å². The van der Waals surface area contributed by atoms with E-state index < -0.39 is 0 Å². The Morgan fingerprint density at radius 3 is 2.70 bits per heavy atom. The number of rotatable bonds is 7. The van der Waals surface area contributed by atoms with Crippen molar-refractivity contribution in [1.29, 1.82) is 0 Å². The Hall–Kier alpha value is -1.36. The maximum atomic E-state index is 12.1. The molecule has 112 valence electrons. The summed E-state index contributed by atoms with van der Waals surface area (Å²) in [6, 6.07) is 0.129. The first-order valence-electron chi connectivity index (χ1n) is 7.36. The van der Waals surface area contributed by atoms with Crippen molar-refractivity contribution in [3.63, 3.8) is 0 Å². The van der Waals surface area contributed by atoms with Crippen molar-refractivity contribution in [2.45, 2.75) is 58.4 Å². The first-order chi connectivity index (χ1) is 9.52. The highest BCUT2D eigenvalue weighted by Gasteiger charge is 2.32. The van der Waals surface area contributed by atoms with Crippen LogP contribution in [0.2, 0.25) is 0 Å². The summed E-state index contributed by atoms with van der Waals surface area (Å²) < 4.78 is 5.15. The number of carbonyl (C=O) groups excluding carboxylic acids is 1. The summed E-state index contributed by atoms with van der Waals surface area (Å²) >= 11 is 0. The van der Waals surface area contributed by atoms with Gasteiger partial charge in [-0.05, 0) is 44.9 Å². The number of nitrogens with zero attached hydrogens (tertiary/aromatic N) is 1. The molecule has 0 aliphatic heterocycles. The minimum absolute atomic E-state index is 0.0443. The number of carbonyl (C=O) groups is 1. The molecule has 0 radical (unpaired) electrons. The van der Waals surface area contributed by atoms with Crippen molar-refractivity contribution in [3.05, 3.63) is 17.0 Å². The molecule has 1 aliphatic carbocycles. The summed E-state index contributed by atoms with van der Waals surface area (Å²) in [4.78, 5) is 12.1. The van der Waals surface area contributed by atoms with E-state index in [9.17, 15) is 4.79 Å². The monoisotopic (exact) mass is 280 g/mol. The maximum Gasteiger partial charge on any atom is 0.220 e. The summed E-state index contributed by atoms with van der Waals surface area (Å²) in [6.45, 7) is 5.92. The molecular weight excluding hydrogens is 256 g/mol. The number of aryl methyl sites for hydroxylation is 2. The van der Waals surface area contributed by atoms with Crippen LogP contribution in [0.4, 0.5) is 0 Å². The molecule has 1 aromatic heterocycles. The van der Waals surface area contributed by atoms with Gasteiger partial charge in [-0.15, -0.1) is 0 Å². The van der Waals surface area contributed by atoms with E-state index in [1.807, 2.05) is 20.8 Å². The minimum atomic E-state index is 0.0443. The SMILES string of the molecule is Cc1noc(C)c1C(C)CC(=O)NC(CCO)C1CC1. The molecule has 5 heteroatoms. The Morgan fingerprint density at radius 1 is 1.50 bits per heavy atom. The molecule has 0 saturated heterocycles. The topological polar surface area (TPSA) is 75.4 Å². The van der Waals surface area contributed by atoms with Crippen LogP contribution < -0.4 is 5.32 Å². The molecule has 1 aliphatic rings. The zero-order chi connectivity index (χ0) is 14.7. The summed E-state index contributed by atoms with van der Waals surface area (Å²) in [6.07, 6.45) is 3.39. The van der Waals surface area contributed by atoms with E-state index in [-0.39, 0.29) is 24.5 Å². The van der Waals surface area contributed by atoms with Gasteiger partial charge in [-0.1, -0.05) is 12.1 Å². The first-order valence-corrected chi connectivity index (χ1v) is 7.36. The highest BCUT2D eigenvalue weighted by Crippen LogP contribution is 2.34. The molecule has 1 fully saturated rings. The molecule has 2 rings (SSSR count). The van der Waals surface area contributed by atoms with Gasteiger partial charge < -0.3 is 14.9 Å². The highest BCUT2D eigenvalue weighted by molar-refractivity contribution is 5.77. The summed E-state index contributed by atoms with van der Waals surface area (Å²) in [5.74, 6) is 1.48. The molecule has 1 aromatic rings. The number of aromatic nitrogens is 1. The lowest BCUT2D eigenvalue weighted by Crippen LogP contribution is -2.37. The largest absolute Gasteiger partial charge is 0.396 e. The Bertz CT molecular complexity index is 446. The van der Waals surface area contributed by atoms with Gasteiger partial charge in [-0.3, -0.25) is 4.79 Å². The molecule has 5 nitrogen and oxygen atoms in total. The molecule has 0 aromatic carbocycles. The van der Waals surface area contributed by atoms with Gasteiger partial charge in [0.15, 0.2) is 0 Å². The summed E-state index contributed by atoms with van der Waals surface area (Å²) in [5.41, 5.74) is 1.89. The Morgan fingerprint density at radius 2 is 2.20 bits per heavy atom. The van der Waals surface area contributed by atoms with E-state index in [0.717, 1.165) is 29.9 Å². The second-order valence-corrected chi connectivity index (χ2v) is 5.87. The molecule has 1 amide bonds. The van der Waals surface area contributed by atoms with Crippen molar-refractivity contribution in [2.24, 2.45) is 5.92 Å². The number of hydrogen-bond donors (Lipinski definition) is 2. The lowest BCUT2D eigenvalue weighted by molar-refractivity contribution is -0.122. The fourth-order valence-corrected chi connectivity index (χ4v) is 2.90. The van der Waals surface area contributed by atoms with Gasteiger partial charge in [0.05, 0.1) is 5.69 Å². The third-order valence-electron chi connectivity index (χ3n) is 4.05. The van der Waals surface area contributed by atoms with Crippen LogP contribution in [0, 0.1) is 19.8 Å². The number of aliphatic hydroxyl groups excluding tert-OH is 1. The fraction of sp³-hybridized carbons (Fsp3) is 0.733. The average Bonchev–Trinajstić information content (AvgIpc) is 3.15. The number of nitrogens with one attached hydrogen (secondary N) is 1. The van der Waals surface area contributed by atoms with Crippen LogP contribution >= 0.6 is 0 Å². The lowest BCUT2D eigenvalue weighted by atomic mass is 9.95. The van der Waals surface area contributed by atoms with E-state index >= 15 is 0 Å². The fourth-order valence-electron chi connectivity index (χ4n) is 2.90. The zero-order valence-electron chi connectivity index (χ0n) is 12.5. The molecule has 1 heterocycles. The first kappa shape index (κ1) is 15.0. The molecule has 1 saturated carbocycles. The molecular formula is C15H24N2O3. The second kappa shape index (κ2) is 6.39. The molecule has 0 bridgehead atoms. The van der Waals surface area contributed by atoms with Crippen molar-refractivity contribution in [2.75, 3.05) is 6.61 Å². The van der Waals surface area contributed by atoms with Gasteiger partial charge in [0.25, 0.3) is 0 Å². The standard InChI is InChI=1S/C15H24N2O3/c1-9(15-10(2)17-20-11(15)3)8-14(19)16-13(6-7-18)12-4-5-12/h9,12-13,18H,4-8H2,1-3H3,(H,16,19). The summed E-state index contributed by atoms with van der Waals surface area (Å²) in [7, 11) is 0. The van der Waals surface area contributed by atoms with Crippen molar-refractivity contribution in [1.82, 2.24) is 10.5 Å². The van der Waals surface area contributed by atoms with Crippen LogP contribution in [-0.2, 0) is 4.79 Å². The Kier molecular flexibility index (Phi) is 4.81. The van der Waals surface area contributed by atoms with Crippen LogP contribution in [0.25, 0.3) is 0 Å². The molecule has 20 heavy (non-hydrogen) atoms. The third-order valence-corrected chi connectivity index (χ3v) is 4.05. The zero-order valence-corrected chi connectivity index (χ0v) is 12.5. The normalized spacial score (nSPS) is 17.8. The smallest absolute Gasteiger partial charge is 0.220 e. The highest BCUT2D eigenvalue weighted by atomic mass is 16.5. The second-order valence-electron chi connectivity index (χ2n) is 5.87. The Balaban J connectivity index is 1.90. The predicted molar refractivity (Wildman–Crippen MR) is 75.4 cm³/mol. The number of aliphatic hydroxyl groups is 1.